The van der Waals surface area contributed by atoms with Gasteiger partial charge in [0.25, 0.3) is 10.0 Å². The van der Waals surface area contributed by atoms with Gasteiger partial charge in [-0.25, -0.2) is 0 Å². The van der Waals surface area contributed by atoms with Crippen LogP contribution < -0.4 is 0 Å². The topological polar surface area (TPSA) is 70.1 Å². The Morgan fingerprint density at radius 1 is 1.14 bits per heavy atom. The lowest BCUT2D eigenvalue weighted by molar-refractivity contribution is -0.138. The van der Waals surface area contributed by atoms with Gasteiger partial charge in [-0.3, -0.25) is 4.79 Å². The molecule has 0 bridgehead atoms. The van der Waals surface area contributed by atoms with Crippen LogP contribution in [0.2, 0.25) is 0 Å². The van der Waals surface area contributed by atoms with Crippen molar-refractivity contribution in [2.24, 2.45) is 22.2 Å². The van der Waals surface area contributed by atoms with Crippen molar-refractivity contribution in [1.82, 2.24) is 9.80 Å². The van der Waals surface area contributed by atoms with Crippen LogP contribution in [0.25, 0.3) is 0 Å². The molecule has 2 saturated carbocycles. The van der Waals surface area contributed by atoms with Crippen LogP contribution in [0, 0.1) is 17.8 Å². The first kappa shape index (κ1) is 18.2. The monoisotopic (exact) mass is 401 g/mol. The van der Waals surface area contributed by atoms with Crippen LogP contribution >= 0.6 is 0 Å². The lowest BCUT2D eigenvalue weighted by atomic mass is 9.94. The molecule has 1 saturated heterocycles. The van der Waals surface area contributed by atoms with E-state index in [2.05, 4.69) is 4.40 Å². The van der Waals surface area contributed by atoms with Gasteiger partial charge < -0.3 is 9.80 Å². The predicted molar refractivity (Wildman–Crippen MR) is 106 cm³/mol. The van der Waals surface area contributed by atoms with Crippen LogP contribution in [-0.2, 0) is 14.8 Å². The van der Waals surface area contributed by atoms with Crippen LogP contribution in [0.15, 0.2) is 33.6 Å². The average molecular weight is 402 g/mol. The summed E-state index contributed by atoms with van der Waals surface area (Å²) >= 11 is 0. The molecule has 0 spiro atoms. The molecule has 7 heteroatoms. The minimum Gasteiger partial charge on any atom is -0.355 e. The fraction of sp³-hybridized carbons (Fsp3) is 0.619. The van der Waals surface area contributed by atoms with Gasteiger partial charge in [0, 0.05) is 31.7 Å². The molecule has 5 rings (SSSR count). The lowest BCUT2D eigenvalue weighted by Gasteiger charge is -2.37. The molecule has 6 nitrogen and oxygen atoms in total. The molecule has 2 aliphatic heterocycles. The Labute approximate surface area is 166 Å². The van der Waals surface area contributed by atoms with Crippen LogP contribution in [0.3, 0.4) is 0 Å². The molecule has 1 unspecified atom stereocenters. The minimum atomic E-state index is -3.63. The Hall–Kier alpha value is -1.89. The summed E-state index contributed by atoms with van der Waals surface area (Å²) in [5, 5.41) is 0. The first-order valence-corrected chi connectivity index (χ1v) is 11.9. The van der Waals surface area contributed by atoms with Crippen molar-refractivity contribution in [1.29, 1.82) is 0 Å². The normalized spacial score (nSPS) is 26.1. The SMILES string of the molecule is CN(C(=O)C1CCCN(C2=NS(=O)(=O)c3ccccc32)C1)C(C1CC1)C1CC1. The van der Waals surface area contributed by atoms with Gasteiger partial charge in [-0.1, -0.05) is 12.1 Å². The zero-order chi connectivity index (χ0) is 19.5. The van der Waals surface area contributed by atoms with Gasteiger partial charge in [-0.15, -0.1) is 4.40 Å². The number of fused-ring (bicyclic) bond motifs is 1. The Morgan fingerprint density at radius 3 is 2.50 bits per heavy atom. The molecule has 2 heterocycles. The molecule has 0 aromatic heterocycles. The zero-order valence-electron chi connectivity index (χ0n) is 16.3. The molecule has 28 heavy (non-hydrogen) atoms. The molecule has 1 aromatic carbocycles. The summed E-state index contributed by atoms with van der Waals surface area (Å²) in [6.07, 6.45) is 6.75. The van der Waals surface area contributed by atoms with E-state index in [4.69, 9.17) is 0 Å². The Kier molecular flexibility index (Phi) is 4.27. The van der Waals surface area contributed by atoms with E-state index < -0.39 is 10.0 Å². The number of carbonyl (C=O) groups is 1. The van der Waals surface area contributed by atoms with E-state index in [1.165, 1.54) is 25.7 Å². The first-order valence-electron chi connectivity index (χ1n) is 10.4. The van der Waals surface area contributed by atoms with Gasteiger partial charge in [0.15, 0.2) is 5.84 Å². The third-order valence-corrected chi connectivity index (χ3v) is 8.01. The molecule has 2 aliphatic carbocycles. The van der Waals surface area contributed by atoms with Gasteiger partial charge in [-0.05, 0) is 62.5 Å². The number of benzene rings is 1. The number of hydrogen-bond donors (Lipinski definition) is 0. The summed E-state index contributed by atoms with van der Waals surface area (Å²) < 4.78 is 28.8. The van der Waals surface area contributed by atoms with Crippen LogP contribution in [0.4, 0.5) is 0 Å². The minimum absolute atomic E-state index is 0.0862. The smallest absolute Gasteiger partial charge is 0.285 e. The Bertz CT molecular complexity index is 922. The molecule has 4 aliphatic rings. The molecule has 150 valence electrons. The molecule has 0 N–H and O–H groups in total. The molecule has 0 radical (unpaired) electrons. The van der Waals surface area contributed by atoms with Gasteiger partial charge >= 0.3 is 0 Å². The largest absolute Gasteiger partial charge is 0.355 e. The van der Waals surface area contributed by atoms with Crippen molar-refractivity contribution in [3.05, 3.63) is 29.8 Å². The number of sulfonamides is 1. The molecular formula is C21H27N3O3S. The van der Waals surface area contributed by atoms with E-state index in [9.17, 15) is 13.2 Å². The van der Waals surface area contributed by atoms with Gasteiger partial charge in [0.05, 0.1) is 5.92 Å². The van der Waals surface area contributed by atoms with Crippen molar-refractivity contribution in [2.75, 3.05) is 20.1 Å². The fourth-order valence-corrected chi connectivity index (χ4v) is 6.24. The van der Waals surface area contributed by atoms with E-state index in [0.29, 0.717) is 35.8 Å². The average Bonchev–Trinajstić information content (AvgIpc) is 3.62. The molecule has 1 atom stereocenters. The van der Waals surface area contributed by atoms with E-state index in [-0.39, 0.29) is 16.7 Å². The fourth-order valence-electron chi connectivity index (χ4n) is 5.02. The second-order valence-corrected chi connectivity index (χ2v) is 10.4. The highest BCUT2D eigenvalue weighted by Gasteiger charge is 2.46. The van der Waals surface area contributed by atoms with E-state index >= 15 is 0 Å². The third-order valence-electron chi connectivity index (χ3n) is 6.69. The third kappa shape index (κ3) is 3.13. The number of nitrogens with zero attached hydrogens (tertiary/aromatic N) is 3. The Balaban J connectivity index is 1.35. The summed E-state index contributed by atoms with van der Waals surface area (Å²) in [6.45, 7) is 1.29. The highest BCUT2D eigenvalue weighted by Crippen LogP contribution is 2.47. The summed E-state index contributed by atoms with van der Waals surface area (Å²) in [7, 11) is -1.65. The number of amidine groups is 1. The highest BCUT2D eigenvalue weighted by atomic mass is 32.2. The van der Waals surface area contributed by atoms with Gasteiger partial charge in [0.1, 0.15) is 4.90 Å². The number of amides is 1. The molecule has 3 fully saturated rings. The maximum absolute atomic E-state index is 13.3. The summed E-state index contributed by atoms with van der Waals surface area (Å²) in [4.78, 5) is 17.6. The second-order valence-electron chi connectivity index (χ2n) is 8.79. The number of piperidine rings is 1. The molecule has 1 aromatic rings. The van der Waals surface area contributed by atoms with Gasteiger partial charge in [-0.2, -0.15) is 8.42 Å². The van der Waals surface area contributed by atoms with Crippen LogP contribution in [-0.4, -0.2) is 56.1 Å². The summed E-state index contributed by atoms with van der Waals surface area (Å²) in [6, 6.07) is 7.39. The first-order chi connectivity index (χ1) is 13.5. The maximum Gasteiger partial charge on any atom is 0.285 e. The Morgan fingerprint density at radius 2 is 1.82 bits per heavy atom. The van der Waals surface area contributed by atoms with Crippen molar-refractivity contribution >= 4 is 21.8 Å². The van der Waals surface area contributed by atoms with Crippen molar-refractivity contribution in [3.8, 4) is 0 Å². The van der Waals surface area contributed by atoms with Gasteiger partial charge in [0.2, 0.25) is 5.91 Å². The quantitative estimate of drug-likeness (QED) is 0.777. The lowest BCUT2D eigenvalue weighted by Crippen LogP contribution is -2.49. The molecular weight excluding hydrogens is 374 g/mol. The predicted octanol–water partition coefficient (Wildman–Crippen LogP) is 2.49. The number of hydrogen-bond acceptors (Lipinski definition) is 4. The maximum atomic E-state index is 13.3. The highest BCUT2D eigenvalue weighted by molar-refractivity contribution is 7.90. The second kappa shape index (κ2) is 6.58. The van der Waals surface area contributed by atoms with Crippen molar-refractivity contribution in [2.45, 2.75) is 49.5 Å². The number of carbonyl (C=O) groups excluding carboxylic acids is 1. The summed E-state index contributed by atoms with van der Waals surface area (Å²) in [5.74, 6) is 2.03. The number of rotatable bonds is 4. The summed E-state index contributed by atoms with van der Waals surface area (Å²) in [5.41, 5.74) is 0.665. The zero-order valence-corrected chi connectivity index (χ0v) is 17.1. The van der Waals surface area contributed by atoms with E-state index in [1.807, 2.05) is 29.0 Å². The standard InChI is InChI=1S/C21H27N3O3S/c1-23(19(14-8-9-14)15-10-11-15)21(25)16-5-4-12-24(13-16)20-17-6-2-3-7-18(17)28(26,27)22-20/h2-3,6-7,14-16,19H,4-5,8-13H2,1H3. The van der Waals surface area contributed by atoms with Crippen LogP contribution in [0.1, 0.15) is 44.1 Å². The number of likely N-dealkylation sites (tertiary alicyclic amines) is 1. The van der Waals surface area contributed by atoms with Crippen molar-refractivity contribution < 1.29 is 13.2 Å². The molecule has 1 amide bonds. The van der Waals surface area contributed by atoms with E-state index in [1.54, 1.807) is 12.1 Å². The van der Waals surface area contributed by atoms with Crippen LogP contribution in [0.5, 0.6) is 0 Å². The van der Waals surface area contributed by atoms with E-state index in [0.717, 1.165) is 19.4 Å². The van der Waals surface area contributed by atoms with Crippen molar-refractivity contribution in [3.63, 3.8) is 0 Å².